The SMILES string of the molecule is [CH2]OCc1cc(Cl)nc(Cl)c1. The maximum Gasteiger partial charge on any atom is 0.131 e. The summed E-state index contributed by atoms with van der Waals surface area (Å²) in [6.07, 6.45) is 0. The Morgan fingerprint density at radius 3 is 2.36 bits per heavy atom. The van der Waals surface area contributed by atoms with Gasteiger partial charge in [-0.15, -0.1) is 0 Å². The standard InChI is InChI=1S/C7H6Cl2NO/c1-11-4-5-2-6(8)10-7(9)3-5/h2-3H,1,4H2. The second kappa shape index (κ2) is 3.90. The monoisotopic (exact) mass is 190 g/mol. The molecule has 0 aliphatic rings. The van der Waals surface area contributed by atoms with Crippen LogP contribution < -0.4 is 0 Å². The second-order valence-electron chi connectivity index (χ2n) is 1.97. The molecule has 0 fully saturated rings. The molecule has 0 aromatic carbocycles. The van der Waals surface area contributed by atoms with E-state index in [1.54, 1.807) is 12.1 Å². The maximum atomic E-state index is 5.61. The molecule has 1 radical (unpaired) electrons. The third-order valence-corrected chi connectivity index (χ3v) is 1.48. The van der Waals surface area contributed by atoms with Gasteiger partial charge in [0.05, 0.1) is 13.7 Å². The number of hydrogen-bond acceptors (Lipinski definition) is 2. The van der Waals surface area contributed by atoms with Crippen LogP contribution >= 0.6 is 23.2 Å². The minimum Gasteiger partial charge on any atom is -0.374 e. The lowest BCUT2D eigenvalue weighted by atomic mass is 10.3. The van der Waals surface area contributed by atoms with Gasteiger partial charge in [-0.05, 0) is 17.7 Å². The summed E-state index contributed by atoms with van der Waals surface area (Å²) in [5, 5.41) is 0.731. The second-order valence-corrected chi connectivity index (χ2v) is 2.74. The Kier molecular flexibility index (Phi) is 3.12. The van der Waals surface area contributed by atoms with E-state index in [0.717, 1.165) is 5.56 Å². The lowest BCUT2D eigenvalue weighted by Gasteiger charge is -1.99. The molecule has 1 rings (SSSR count). The Bertz CT molecular complexity index is 232. The van der Waals surface area contributed by atoms with E-state index in [0.29, 0.717) is 16.9 Å². The van der Waals surface area contributed by atoms with E-state index in [4.69, 9.17) is 23.2 Å². The molecule has 0 saturated heterocycles. The van der Waals surface area contributed by atoms with Gasteiger partial charge in [0.15, 0.2) is 0 Å². The van der Waals surface area contributed by atoms with Crippen LogP contribution in [0.2, 0.25) is 10.3 Å². The summed E-state index contributed by atoms with van der Waals surface area (Å²) in [5.74, 6) is 0. The predicted molar refractivity (Wildman–Crippen MR) is 44.4 cm³/mol. The molecule has 0 aliphatic heterocycles. The van der Waals surface area contributed by atoms with Crippen molar-refractivity contribution >= 4 is 23.2 Å². The topological polar surface area (TPSA) is 22.1 Å². The van der Waals surface area contributed by atoms with Crippen LogP contribution in [0.3, 0.4) is 0 Å². The first-order valence-electron chi connectivity index (χ1n) is 2.91. The summed E-state index contributed by atoms with van der Waals surface area (Å²) >= 11 is 11.2. The fourth-order valence-corrected chi connectivity index (χ4v) is 1.22. The van der Waals surface area contributed by atoms with Crippen molar-refractivity contribution < 1.29 is 4.74 Å². The van der Waals surface area contributed by atoms with Gasteiger partial charge in [-0.2, -0.15) is 0 Å². The summed E-state index contributed by atoms with van der Waals surface area (Å²) in [4.78, 5) is 3.77. The maximum absolute atomic E-state index is 5.61. The number of rotatable bonds is 2. The Morgan fingerprint density at radius 2 is 1.91 bits per heavy atom. The molecule has 0 atom stereocenters. The minimum atomic E-state index is 0.365. The van der Waals surface area contributed by atoms with Gasteiger partial charge in [-0.1, -0.05) is 23.2 Å². The first kappa shape index (κ1) is 8.78. The molecule has 0 spiro atoms. The van der Waals surface area contributed by atoms with Gasteiger partial charge in [0.1, 0.15) is 10.3 Å². The van der Waals surface area contributed by atoms with E-state index in [2.05, 4.69) is 16.8 Å². The number of halogens is 2. The van der Waals surface area contributed by atoms with Crippen molar-refractivity contribution in [3.63, 3.8) is 0 Å². The van der Waals surface area contributed by atoms with E-state index >= 15 is 0 Å². The van der Waals surface area contributed by atoms with Gasteiger partial charge < -0.3 is 4.74 Å². The van der Waals surface area contributed by atoms with E-state index < -0.39 is 0 Å². The number of hydrogen-bond donors (Lipinski definition) is 0. The smallest absolute Gasteiger partial charge is 0.131 e. The van der Waals surface area contributed by atoms with Gasteiger partial charge in [0.25, 0.3) is 0 Å². The molecule has 1 aromatic rings. The Labute approximate surface area is 75.1 Å². The number of aromatic nitrogens is 1. The molecule has 11 heavy (non-hydrogen) atoms. The molecule has 0 unspecified atom stereocenters. The highest BCUT2D eigenvalue weighted by Crippen LogP contribution is 2.14. The van der Waals surface area contributed by atoms with Crippen LogP contribution in [0.25, 0.3) is 0 Å². The molecule has 59 valence electrons. The number of pyridine rings is 1. The van der Waals surface area contributed by atoms with Crippen molar-refractivity contribution in [3.8, 4) is 0 Å². The average molecular weight is 191 g/mol. The van der Waals surface area contributed by atoms with Crippen LogP contribution in [-0.2, 0) is 11.3 Å². The molecule has 0 N–H and O–H groups in total. The number of nitrogens with zero attached hydrogens (tertiary/aromatic N) is 1. The van der Waals surface area contributed by atoms with Crippen molar-refractivity contribution in [1.29, 1.82) is 0 Å². The normalized spacial score (nSPS) is 10.1. The molecule has 0 saturated carbocycles. The summed E-state index contributed by atoms with van der Waals surface area (Å²) in [5.41, 5.74) is 0.866. The molecule has 1 aromatic heterocycles. The molecular formula is C7H6Cl2NO. The molecule has 0 bridgehead atoms. The highest BCUT2D eigenvalue weighted by Gasteiger charge is 1.97. The van der Waals surface area contributed by atoms with Crippen molar-refractivity contribution in [1.82, 2.24) is 4.98 Å². The predicted octanol–water partition coefficient (Wildman–Crippen LogP) is 2.70. The van der Waals surface area contributed by atoms with Gasteiger partial charge in [0.2, 0.25) is 0 Å². The van der Waals surface area contributed by atoms with E-state index in [1.165, 1.54) is 0 Å². The van der Waals surface area contributed by atoms with Crippen LogP contribution in [0.5, 0.6) is 0 Å². The fourth-order valence-electron chi connectivity index (χ4n) is 0.715. The van der Waals surface area contributed by atoms with Crippen LogP contribution in [0, 0.1) is 7.11 Å². The molecule has 2 nitrogen and oxygen atoms in total. The van der Waals surface area contributed by atoms with Crippen LogP contribution in [-0.4, -0.2) is 4.98 Å². The zero-order valence-electron chi connectivity index (χ0n) is 5.68. The Morgan fingerprint density at radius 1 is 1.36 bits per heavy atom. The van der Waals surface area contributed by atoms with E-state index in [9.17, 15) is 0 Å². The van der Waals surface area contributed by atoms with Gasteiger partial charge in [0, 0.05) is 0 Å². The Balaban J connectivity index is 2.89. The minimum absolute atomic E-state index is 0.365. The Hall–Kier alpha value is -0.310. The lowest BCUT2D eigenvalue weighted by molar-refractivity contribution is 0.229. The highest BCUT2D eigenvalue weighted by atomic mass is 35.5. The first-order valence-corrected chi connectivity index (χ1v) is 3.67. The van der Waals surface area contributed by atoms with Gasteiger partial charge >= 0.3 is 0 Å². The van der Waals surface area contributed by atoms with Crippen molar-refractivity contribution in [2.24, 2.45) is 0 Å². The summed E-state index contributed by atoms with van der Waals surface area (Å²) in [6.45, 7) is 0.391. The third kappa shape index (κ3) is 2.66. The number of ether oxygens (including phenoxy) is 1. The highest BCUT2D eigenvalue weighted by molar-refractivity contribution is 6.32. The van der Waals surface area contributed by atoms with Crippen molar-refractivity contribution in [3.05, 3.63) is 35.1 Å². The summed E-state index contributed by atoms with van der Waals surface area (Å²) in [6, 6.07) is 3.36. The molecular weight excluding hydrogens is 185 g/mol. The van der Waals surface area contributed by atoms with Crippen molar-refractivity contribution in [2.45, 2.75) is 6.61 Å². The summed E-state index contributed by atoms with van der Waals surface area (Å²) < 4.78 is 4.64. The summed E-state index contributed by atoms with van der Waals surface area (Å²) in [7, 11) is 3.23. The first-order chi connectivity index (χ1) is 5.22. The molecule has 0 aliphatic carbocycles. The molecule has 0 amide bonds. The van der Waals surface area contributed by atoms with Gasteiger partial charge in [-0.3, -0.25) is 0 Å². The van der Waals surface area contributed by atoms with E-state index in [1.807, 2.05) is 0 Å². The van der Waals surface area contributed by atoms with E-state index in [-0.39, 0.29) is 0 Å². The molecule has 1 heterocycles. The van der Waals surface area contributed by atoms with Crippen LogP contribution in [0.4, 0.5) is 0 Å². The zero-order chi connectivity index (χ0) is 8.27. The third-order valence-electron chi connectivity index (χ3n) is 1.09. The molecule has 4 heteroatoms. The van der Waals surface area contributed by atoms with Crippen LogP contribution in [0.15, 0.2) is 12.1 Å². The average Bonchev–Trinajstić information content (AvgIpc) is 1.85. The van der Waals surface area contributed by atoms with Crippen molar-refractivity contribution in [2.75, 3.05) is 0 Å². The zero-order valence-corrected chi connectivity index (χ0v) is 7.19. The van der Waals surface area contributed by atoms with Gasteiger partial charge in [-0.25, -0.2) is 4.98 Å². The lowest BCUT2D eigenvalue weighted by Crippen LogP contribution is -1.87. The fraction of sp³-hybridized carbons (Fsp3) is 0.143. The van der Waals surface area contributed by atoms with Crippen LogP contribution in [0.1, 0.15) is 5.56 Å². The largest absolute Gasteiger partial charge is 0.374 e. The quantitative estimate of drug-likeness (QED) is 0.670.